The summed E-state index contributed by atoms with van der Waals surface area (Å²) in [7, 11) is 3.46. The molecule has 0 spiro atoms. The van der Waals surface area contributed by atoms with Gasteiger partial charge in [0.1, 0.15) is 0 Å². The Morgan fingerprint density at radius 2 is 1.71 bits per heavy atom. The van der Waals surface area contributed by atoms with E-state index in [4.69, 9.17) is 0 Å². The summed E-state index contributed by atoms with van der Waals surface area (Å²) >= 11 is 0. The van der Waals surface area contributed by atoms with Gasteiger partial charge < -0.3 is 0 Å². The summed E-state index contributed by atoms with van der Waals surface area (Å²) < 4.78 is 0. The summed E-state index contributed by atoms with van der Waals surface area (Å²) in [6, 6.07) is 5.42. The molecule has 1 aromatic carbocycles. The van der Waals surface area contributed by atoms with Gasteiger partial charge in [-0.2, -0.15) is 0 Å². The van der Waals surface area contributed by atoms with E-state index in [0.717, 1.165) is 0 Å². The van der Waals surface area contributed by atoms with Crippen molar-refractivity contribution in [3.63, 3.8) is 0 Å². The van der Waals surface area contributed by atoms with Crippen LogP contribution in [0.2, 0.25) is 0 Å². The zero-order valence-electron chi connectivity index (χ0n) is 9.57. The highest BCUT2D eigenvalue weighted by Gasteiger charge is 2.20. The van der Waals surface area contributed by atoms with Gasteiger partial charge in [-0.1, -0.05) is 12.1 Å². The van der Waals surface area contributed by atoms with Crippen molar-refractivity contribution < 1.29 is 9.85 Å². The van der Waals surface area contributed by atoms with Crippen LogP contribution in [0.1, 0.15) is 11.6 Å². The molecule has 0 bridgehead atoms. The van der Waals surface area contributed by atoms with Crippen LogP contribution >= 0.6 is 0 Å². The lowest BCUT2D eigenvalue weighted by molar-refractivity contribution is -0.487. The summed E-state index contributed by atoms with van der Waals surface area (Å²) in [5.41, 5.74) is 0.671. The number of rotatable bonds is 5. The second-order valence-corrected chi connectivity index (χ2v) is 3.84. The highest BCUT2D eigenvalue weighted by molar-refractivity contribution is 5.34. The minimum atomic E-state index is -0.498. The molecule has 0 N–H and O–H groups in total. The maximum atomic E-state index is 10.5. The Bertz CT molecular complexity index is 416. The Balaban J connectivity index is 2.95. The molecule has 0 aliphatic heterocycles. The summed E-state index contributed by atoms with van der Waals surface area (Å²) in [4.78, 5) is 21.8. The lowest BCUT2D eigenvalue weighted by Gasteiger charge is -2.20. The number of benzene rings is 1. The van der Waals surface area contributed by atoms with Crippen molar-refractivity contribution in [3.8, 4) is 0 Å². The maximum Gasteiger partial charge on any atom is 0.269 e. The number of nitro groups is 2. The lowest BCUT2D eigenvalue weighted by Crippen LogP contribution is -2.26. The summed E-state index contributed by atoms with van der Waals surface area (Å²) in [5.74, 6) is 0. The van der Waals surface area contributed by atoms with E-state index in [1.807, 2.05) is 0 Å². The monoisotopic (exact) mass is 239 g/mol. The molecular formula is C10H13N3O4. The van der Waals surface area contributed by atoms with Gasteiger partial charge in [-0.3, -0.25) is 25.1 Å². The van der Waals surface area contributed by atoms with E-state index in [-0.39, 0.29) is 18.3 Å². The Labute approximate surface area is 98.0 Å². The molecular weight excluding hydrogens is 226 g/mol. The molecule has 1 rings (SSSR count). The molecule has 7 heteroatoms. The van der Waals surface area contributed by atoms with E-state index in [9.17, 15) is 20.2 Å². The Hall–Kier alpha value is -2.02. The van der Waals surface area contributed by atoms with Gasteiger partial charge in [-0.05, 0) is 19.7 Å². The molecule has 0 amide bonds. The number of likely N-dealkylation sites (N-methyl/N-ethyl adjacent to an activating group) is 1. The number of non-ortho nitro benzene ring substituents is 1. The molecule has 1 unspecified atom stereocenters. The molecule has 0 aliphatic carbocycles. The zero-order chi connectivity index (χ0) is 13.0. The van der Waals surface area contributed by atoms with Gasteiger partial charge >= 0.3 is 0 Å². The van der Waals surface area contributed by atoms with Gasteiger partial charge in [0.05, 0.1) is 11.0 Å². The standard InChI is InChI=1S/C10H13N3O4/c1-11(2)10(7-12(14)15)8-3-5-9(6-4-8)13(16)17/h3-6,10H,7H2,1-2H3. The lowest BCUT2D eigenvalue weighted by atomic mass is 10.1. The van der Waals surface area contributed by atoms with Crippen molar-refractivity contribution in [1.29, 1.82) is 0 Å². The van der Waals surface area contributed by atoms with Crippen LogP contribution in [0.4, 0.5) is 5.69 Å². The fourth-order valence-corrected chi connectivity index (χ4v) is 1.53. The van der Waals surface area contributed by atoms with Crippen molar-refractivity contribution in [2.75, 3.05) is 20.6 Å². The fraction of sp³-hybridized carbons (Fsp3) is 0.400. The van der Waals surface area contributed by atoms with Gasteiger partial charge in [0.2, 0.25) is 6.54 Å². The van der Waals surface area contributed by atoms with Crippen molar-refractivity contribution >= 4 is 5.69 Å². The number of nitro benzene ring substituents is 1. The van der Waals surface area contributed by atoms with Crippen LogP contribution in [0, 0.1) is 20.2 Å². The van der Waals surface area contributed by atoms with E-state index in [2.05, 4.69) is 0 Å². The topological polar surface area (TPSA) is 89.5 Å². The van der Waals surface area contributed by atoms with Crippen molar-refractivity contribution in [2.24, 2.45) is 0 Å². The van der Waals surface area contributed by atoms with E-state index < -0.39 is 9.85 Å². The molecule has 1 atom stereocenters. The zero-order valence-corrected chi connectivity index (χ0v) is 9.57. The van der Waals surface area contributed by atoms with Gasteiger partial charge in [0.25, 0.3) is 5.69 Å². The quantitative estimate of drug-likeness (QED) is 0.573. The Morgan fingerprint density at radius 1 is 1.18 bits per heavy atom. The highest BCUT2D eigenvalue weighted by atomic mass is 16.6. The first-order valence-electron chi connectivity index (χ1n) is 4.94. The molecule has 0 fully saturated rings. The molecule has 0 aliphatic rings. The molecule has 0 saturated carbocycles. The second-order valence-electron chi connectivity index (χ2n) is 3.84. The summed E-state index contributed by atoms with van der Waals surface area (Å²) in [6.45, 7) is -0.231. The fourth-order valence-electron chi connectivity index (χ4n) is 1.53. The van der Waals surface area contributed by atoms with E-state index in [1.165, 1.54) is 12.1 Å². The van der Waals surface area contributed by atoms with Crippen molar-refractivity contribution in [1.82, 2.24) is 4.90 Å². The van der Waals surface area contributed by atoms with Crippen LogP contribution in [-0.4, -0.2) is 35.4 Å². The molecule has 17 heavy (non-hydrogen) atoms. The average molecular weight is 239 g/mol. The van der Waals surface area contributed by atoms with Crippen molar-refractivity contribution in [3.05, 3.63) is 50.1 Å². The minimum absolute atomic E-state index is 0.0210. The third-order valence-corrected chi connectivity index (χ3v) is 2.43. The third kappa shape index (κ3) is 3.49. The first kappa shape index (κ1) is 13.0. The van der Waals surface area contributed by atoms with Crippen LogP contribution in [-0.2, 0) is 0 Å². The summed E-state index contributed by atoms with van der Waals surface area (Å²) in [6.07, 6.45) is 0. The second kappa shape index (κ2) is 5.35. The molecule has 0 saturated heterocycles. The minimum Gasteiger partial charge on any atom is -0.297 e. The van der Waals surface area contributed by atoms with Crippen LogP contribution in [0.5, 0.6) is 0 Å². The molecule has 92 valence electrons. The maximum absolute atomic E-state index is 10.5. The molecule has 0 radical (unpaired) electrons. The van der Waals surface area contributed by atoms with E-state index in [1.54, 1.807) is 31.1 Å². The SMILES string of the molecule is CN(C)C(C[N+](=O)[O-])c1ccc([N+](=O)[O-])cc1. The largest absolute Gasteiger partial charge is 0.297 e. The normalized spacial score (nSPS) is 12.4. The molecule has 1 aromatic rings. The Morgan fingerprint density at radius 3 is 2.06 bits per heavy atom. The first-order valence-corrected chi connectivity index (χ1v) is 4.94. The smallest absolute Gasteiger partial charge is 0.269 e. The highest BCUT2D eigenvalue weighted by Crippen LogP contribution is 2.21. The first-order chi connectivity index (χ1) is 7.91. The number of hydrogen-bond donors (Lipinski definition) is 0. The van der Waals surface area contributed by atoms with Gasteiger partial charge in [0.15, 0.2) is 0 Å². The number of nitrogens with zero attached hydrogens (tertiary/aromatic N) is 3. The molecule has 0 aromatic heterocycles. The predicted octanol–water partition coefficient (Wildman–Crippen LogP) is 1.47. The molecule has 7 nitrogen and oxygen atoms in total. The predicted molar refractivity (Wildman–Crippen MR) is 61.4 cm³/mol. The van der Waals surface area contributed by atoms with Crippen LogP contribution < -0.4 is 0 Å². The summed E-state index contributed by atoms with van der Waals surface area (Å²) in [5, 5.41) is 21.0. The van der Waals surface area contributed by atoms with Crippen LogP contribution in [0.3, 0.4) is 0 Å². The van der Waals surface area contributed by atoms with Crippen LogP contribution in [0.15, 0.2) is 24.3 Å². The van der Waals surface area contributed by atoms with E-state index in [0.29, 0.717) is 5.56 Å². The third-order valence-electron chi connectivity index (χ3n) is 2.43. The van der Waals surface area contributed by atoms with Gasteiger partial charge in [-0.25, -0.2) is 0 Å². The van der Waals surface area contributed by atoms with E-state index >= 15 is 0 Å². The molecule has 0 heterocycles. The van der Waals surface area contributed by atoms with Gasteiger partial charge in [-0.15, -0.1) is 0 Å². The van der Waals surface area contributed by atoms with Gasteiger partial charge in [0, 0.05) is 17.1 Å². The average Bonchev–Trinajstić information content (AvgIpc) is 2.25. The number of hydrogen-bond acceptors (Lipinski definition) is 5. The van der Waals surface area contributed by atoms with Crippen LogP contribution in [0.25, 0.3) is 0 Å². The van der Waals surface area contributed by atoms with Crippen molar-refractivity contribution in [2.45, 2.75) is 6.04 Å². The Kier molecular flexibility index (Phi) is 4.11.